The van der Waals surface area contributed by atoms with Crippen LogP contribution < -0.4 is 5.73 Å². The summed E-state index contributed by atoms with van der Waals surface area (Å²) in [6.07, 6.45) is 10.8. The fourth-order valence-electron chi connectivity index (χ4n) is 5.20. The predicted octanol–water partition coefficient (Wildman–Crippen LogP) is 3.28. The molecule has 1 aromatic heterocycles. The molecule has 4 aliphatic carbocycles. The van der Waals surface area contributed by atoms with Crippen LogP contribution in [0.4, 0.5) is 5.82 Å². The number of pyridine rings is 1. The van der Waals surface area contributed by atoms with Crippen LogP contribution in [0.3, 0.4) is 0 Å². The molecule has 2 heteroatoms. The molecule has 0 aromatic carbocycles. The second-order valence-electron chi connectivity index (χ2n) is 6.89. The zero-order valence-corrected chi connectivity index (χ0v) is 10.9. The van der Waals surface area contributed by atoms with Gasteiger partial charge in [-0.05, 0) is 79.7 Å². The molecular weight excluding hydrogens is 220 g/mol. The van der Waals surface area contributed by atoms with E-state index in [0.717, 1.165) is 29.6 Å². The topological polar surface area (TPSA) is 38.9 Å². The Morgan fingerprint density at radius 2 is 1.67 bits per heavy atom. The van der Waals surface area contributed by atoms with Gasteiger partial charge < -0.3 is 5.73 Å². The summed E-state index contributed by atoms with van der Waals surface area (Å²) >= 11 is 0. The summed E-state index contributed by atoms with van der Waals surface area (Å²) in [5.74, 6) is 5.76. The first-order chi connectivity index (χ1) is 8.78. The Hall–Kier alpha value is -1.05. The van der Waals surface area contributed by atoms with Crippen molar-refractivity contribution in [2.75, 3.05) is 5.73 Å². The van der Waals surface area contributed by atoms with E-state index < -0.39 is 0 Å². The molecule has 0 aliphatic heterocycles. The molecule has 0 saturated heterocycles. The zero-order chi connectivity index (χ0) is 12.1. The molecule has 0 amide bonds. The van der Waals surface area contributed by atoms with Crippen molar-refractivity contribution in [1.82, 2.24) is 4.98 Å². The minimum atomic E-state index is 0.642. The lowest BCUT2D eigenvalue weighted by Gasteiger charge is -2.54. The van der Waals surface area contributed by atoms with Crippen LogP contribution in [-0.4, -0.2) is 4.98 Å². The van der Waals surface area contributed by atoms with E-state index in [1.54, 1.807) is 6.42 Å². The average molecular weight is 242 g/mol. The van der Waals surface area contributed by atoms with E-state index in [0.29, 0.717) is 5.82 Å². The van der Waals surface area contributed by atoms with Gasteiger partial charge in [0.1, 0.15) is 5.82 Å². The van der Waals surface area contributed by atoms with E-state index in [1.165, 1.54) is 37.7 Å². The minimum absolute atomic E-state index is 0.642. The second kappa shape index (κ2) is 3.97. The fraction of sp³-hybridized carbons (Fsp3) is 0.688. The fourth-order valence-corrected chi connectivity index (χ4v) is 5.20. The maximum absolute atomic E-state index is 5.66. The summed E-state index contributed by atoms with van der Waals surface area (Å²) in [5, 5.41) is 0. The smallest absolute Gasteiger partial charge is 0.123 e. The van der Waals surface area contributed by atoms with E-state index in [1.807, 2.05) is 12.3 Å². The molecule has 4 fully saturated rings. The first-order valence-electron chi connectivity index (χ1n) is 7.48. The Balaban J connectivity index is 1.53. The Labute approximate surface area is 109 Å². The van der Waals surface area contributed by atoms with Gasteiger partial charge in [-0.25, -0.2) is 4.98 Å². The summed E-state index contributed by atoms with van der Waals surface area (Å²) in [6.45, 7) is 0. The molecule has 5 rings (SSSR count). The number of hydrogen-bond donors (Lipinski definition) is 1. The maximum Gasteiger partial charge on any atom is 0.123 e. The monoisotopic (exact) mass is 242 g/mol. The molecule has 18 heavy (non-hydrogen) atoms. The molecule has 4 aliphatic rings. The lowest BCUT2D eigenvalue weighted by atomic mass is 9.51. The normalized spacial score (nSPS) is 41.2. The molecule has 4 saturated carbocycles. The molecule has 0 spiro atoms. The third-order valence-electron chi connectivity index (χ3n) is 5.74. The maximum atomic E-state index is 5.66. The molecule has 1 heterocycles. The summed E-state index contributed by atoms with van der Waals surface area (Å²) in [5.41, 5.74) is 7.06. The van der Waals surface area contributed by atoms with Crippen LogP contribution in [0.25, 0.3) is 0 Å². The molecule has 2 nitrogen and oxygen atoms in total. The highest BCUT2D eigenvalue weighted by molar-refractivity contribution is 5.29. The van der Waals surface area contributed by atoms with Crippen molar-refractivity contribution in [3.05, 3.63) is 23.9 Å². The van der Waals surface area contributed by atoms with Gasteiger partial charge in [0, 0.05) is 6.20 Å². The van der Waals surface area contributed by atoms with E-state index >= 15 is 0 Å². The molecule has 0 radical (unpaired) electrons. The first-order valence-corrected chi connectivity index (χ1v) is 7.48. The highest BCUT2D eigenvalue weighted by Gasteiger charge is 2.47. The van der Waals surface area contributed by atoms with Gasteiger partial charge in [0.25, 0.3) is 0 Å². The standard InChI is InChI=1S/C16H22N2/c17-16-2-1-10(9-18-16)8-15-13-4-11-3-12(6-13)7-14(15)5-11/h1-2,9,11-15H,3-8H2,(H2,17,18). The highest BCUT2D eigenvalue weighted by Crippen LogP contribution is 2.57. The van der Waals surface area contributed by atoms with E-state index in [2.05, 4.69) is 11.1 Å². The van der Waals surface area contributed by atoms with Crippen molar-refractivity contribution in [3.63, 3.8) is 0 Å². The van der Waals surface area contributed by atoms with Gasteiger partial charge in [0.05, 0.1) is 0 Å². The molecular formula is C16H22N2. The van der Waals surface area contributed by atoms with Crippen LogP contribution in [0.5, 0.6) is 0 Å². The number of nitrogens with two attached hydrogens (primary N) is 1. The van der Waals surface area contributed by atoms with Gasteiger partial charge in [0.2, 0.25) is 0 Å². The Morgan fingerprint density at radius 1 is 1.00 bits per heavy atom. The van der Waals surface area contributed by atoms with Crippen molar-refractivity contribution in [1.29, 1.82) is 0 Å². The van der Waals surface area contributed by atoms with Crippen LogP contribution in [0.1, 0.15) is 37.7 Å². The summed E-state index contributed by atoms with van der Waals surface area (Å²) < 4.78 is 0. The molecule has 1 aromatic rings. The van der Waals surface area contributed by atoms with Crippen LogP contribution in [0, 0.1) is 29.6 Å². The third kappa shape index (κ3) is 1.73. The van der Waals surface area contributed by atoms with Crippen molar-refractivity contribution in [3.8, 4) is 0 Å². The van der Waals surface area contributed by atoms with Crippen molar-refractivity contribution < 1.29 is 0 Å². The predicted molar refractivity (Wildman–Crippen MR) is 72.9 cm³/mol. The lowest BCUT2D eigenvalue weighted by Crippen LogP contribution is -2.45. The molecule has 0 unspecified atom stereocenters. The second-order valence-corrected chi connectivity index (χ2v) is 6.89. The van der Waals surface area contributed by atoms with Crippen LogP contribution >= 0.6 is 0 Å². The highest BCUT2D eigenvalue weighted by atomic mass is 14.8. The van der Waals surface area contributed by atoms with Crippen LogP contribution in [0.2, 0.25) is 0 Å². The number of aromatic nitrogens is 1. The van der Waals surface area contributed by atoms with E-state index in [9.17, 15) is 0 Å². The van der Waals surface area contributed by atoms with Gasteiger partial charge in [-0.3, -0.25) is 0 Å². The first kappa shape index (κ1) is 10.8. The van der Waals surface area contributed by atoms with E-state index in [4.69, 9.17) is 5.73 Å². The number of anilines is 1. The molecule has 0 atom stereocenters. The summed E-state index contributed by atoms with van der Waals surface area (Å²) in [4.78, 5) is 4.24. The lowest BCUT2D eigenvalue weighted by molar-refractivity contribution is -0.0360. The van der Waals surface area contributed by atoms with E-state index in [-0.39, 0.29) is 0 Å². The Kier molecular flexibility index (Phi) is 2.39. The molecule has 96 valence electrons. The Bertz CT molecular complexity index is 409. The van der Waals surface area contributed by atoms with Crippen molar-refractivity contribution >= 4 is 5.82 Å². The van der Waals surface area contributed by atoms with Gasteiger partial charge in [0.15, 0.2) is 0 Å². The number of rotatable bonds is 2. The quantitative estimate of drug-likeness (QED) is 0.864. The largest absolute Gasteiger partial charge is 0.384 e. The molecule has 2 N–H and O–H groups in total. The minimum Gasteiger partial charge on any atom is -0.384 e. The van der Waals surface area contributed by atoms with Gasteiger partial charge >= 0.3 is 0 Å². The van der Waals surface area contributed by atoms with Gasteiger partial charge in [-0.15, -0.1) is 0 Å². The number of nitrogens with zero attached hydrogens (tertiary/aromatic N) is 1. The SMILES string of the molecule is Nc1ccc(CC2C3CC4CC(C3)CC2C4)cn1. The van der Waals surface area contributed by atoms with Crippen molar-refractivity contribution in [2.45, 2.75) is 38.5 Å². The Morgan fingerprint density at radius 3 is 2.22 bits per heavy atom. The summed E-state index contributed by atoms with van der Waals surface area (Å²) in [7, 11) is 0. The van der Waals surface area contributed by atoms with Crippen molar-refractivity contribution in [2.24, 2.45) is 29.6 Å². The van der Waals surface area contributed by atoms with Crippen LogP contribution in [-0.2, 0) is 6.42 Å². The number of nitrogen functional groups attached to an aromatic ring is 1. The molecule has 4 bridgehead atoms. The zero-order valence-electron chi connectivity index (χ0n) is 10.9. The third-order valence-corrected chi connectivity index (χ3v) is 5.74. The summed E-state index contributed by atoms with van der Waals surface area (Å²) in [6, 6.07) is 4.12. The van der Waals surface area contributed by atoms with Gasteiger partial charge in [-0.1, -0.05) is 6.07 Å². The van der Waals surface area contributed by atoms with Crippen LogP contribution in [0.15, 0.2) is 18.3 Å². The average Bonchev–Trinajstić information content (AvgIpc) is 2.35. The number of hydrogen-bond acceptors (Lipinski definition) is 2. The van der Waals surface area contributed by atoms with Gasteiger partial charge in [-0.2, -0.15) is 0 Å².